The summed E-state index contributed by atoms with van der Waals surface area (Å²) in [6, 6.07) is 12.4. The molecule has 0 atom stereocenters. The highest BCUT2D eigenvalue weighted by molar-refractivity contribution is 7.10. The van der Waals surface area contributed by atoms with Crippen LogP contribution in [-0.2, 0) is 0 Å². The van der Waals surface area contributed by atoms with Gasteiger partial charge in [0, 0.05) is 22.7 Å². The highest BCUT2D eigenvalue weighted by atomic mass is 32.1. The maximum absolute atomic E-state index is 12.4. The van der Waals surface area contributed by atoms with E-state index in [0.717, 1.165) is 23.5 Å². The van der Waals surface area contributed by atoms with Crippen LogP contribution in [0.3, 0.4) is 0 Å². The van der Waals surface area contributed by atoms with Crippen LogP contribution in [0.25, 0.3) is 11.4 Å². The highest BCUT2D eigenvalue weighted by Gasteiger charge is 2.14. The van der Waals surface area contributed by atoms with Crippen LogP contribution in [0.4, 0.5) is 5.13 Å². The van der Waals surface area contributed by atoms with Crippen molar-refractivity contribution in [1.29, 1.82) is 0 Å². The molecular formula is C20H21N3O4S. The number of amides is 1. The monoisotopic (exact) mass is 399 g/mol. The average molecular weight is 399 g/mol. The van der Waals surface area contributed by atoms with E-state index in [1.165, 1.54) is 0 Å². The zero-order chi connectivity index (χ0) is 19.9. The van der Waals surface area contributed by atoms with Gasteiger partial charge in [-0.1, -0.05) is 13.0 Å². The Labute approximate surface area is 167 Å². The maximum atomic E-state index is 12.4. The number of carbonyl (C=O) groups excluding carboxylic acids is 1. The Bertz CT molecular complexity index is 958. The lowest BCUT2D eigenvalue weighted by Crippen LogP contribution is -2.11. The molecule has 0 radical (unpaired) electrons. The third-order valence-electron chi connectivity index (χ3n) is 3.86. The molecule has 0 aliphatic rings. The second-order valence-corrected chi connectivity index (χ2v) is 6.58. The average Bonchev–Trinajstić information content (AvgIpc) is 3.20. The van der Waals surface area contributed by atoms with Crippen LogP contribution in [0.5, 0.6) is 17.2 Å². The molecule has 0 saturated heterocycles. The van der Waals surface area contributed by atoms with Gasteiger partial charge in [-0.15, -0.1) is 0 Å². The number of nitrogens with zero attached hydrogens (tertiary/aromatic N) is 2. The van der Waals surface area contributed by atoms with Crippen molar-refractivity contribution < 1.29 is 19.0 Å². The van der Waals surface area contributed by atoms with E-state index in [1.807, 2.05) is 25.1 Å². The van der Waals surface area contributed by atoms with Gasteiger partial charge in [-0.2, -0.15) is 9.36 Å². The molecule has 1 amide bonds. The Hall–Kier alpha value is -3.13. The predicted molar refractivity (Wildman–Crippen MR) is 109 cm³/mol. The maximum Gasteiger partial charge on any atom is 0.257 e. The first-order valence-electron chi connectivity index (χ1n) is 8.75. The van der Waals surface area contributed by atoms with E-state index in [-0.39, 0.29) is 5.91 Å². The molecule has 8 heteroatoms. The molecule has 1 heterocycles. The molecule has 0 aliphatic carbocycles. The molecule has 0 fully saturated rings. The van der Waals surface area contributed by atoms with Crippen molar-refractivity contribution in [2.75, 3.05) is 26.1 Å². The van der Waals surface area contributed by atoms with E-state index in [9.17, 15) is 4.79 Å². The fourth-order valence-corrected chi connectivity index (χ4v) is 3.05. The topological polar surface area (TPSA) is 82.6 Å². The van der Waals surface area contributed by atoms with Crippen LogP contribution in [0.15, 0.2) is 42.5 Å². The summed E-state index contributed by atoms with van der Waals surface area (Å²) in [5.74, 6) is 2.13. The van der Waals surface area contributed by atoms with Gasteiger partial charge in [-0.25, -0.2) is 0 Å². The first-order chi connectivity index (χ1) is 13.6. The minimum Gasteiger partial charge on any atom is -0.497 e. The lowest BCUT2D eigenvalue weighted by Gasteiger charge is -2.10. The molecular weight excluding hydrogens is 378 g/mol. The van der Waals surface area contributed by atoms with Crippen molar-refractivity contribution in [1.82, 2.24) is 9.36 Å². The number of rotatable bonds is 8. The van der Waals surface area contributed by atoms with Crippen LogP contribution in [0.2, 0.25) is 0 Å². The van der Waals surface area contributed by atoms with Crippen molar-refractivity contribution in [2.45, 2.75) is 13.3 Å². The smallest absolute Gasteiger partial charge is 0.257 e. The minimum atomic E-state index is -0.275. The van der Waals surface area contributed by atoms with Gasteiger partial charge < -0.3 is 14.2 Å². The molecule has 0 unspecified atom stereocenters. The van der Waals surface area contributed by atoms with Gasteiger partial charge >= 0.3 is 0 Å². The molecule has 28 heavy (non-hydrogen) atoms. The summed E-state index contributed by atoms with van der Waals surface area (Å²) in [6.07, 6.45) is 0.912. The SMILES string of the molecule is CCCOc1ccc(-c2nsc(NC(=O)c3cccc(OC)c3)n2)cc1OC. The normalized spacial score (nSPS) is 10.4. The molecule has 2 aromatic carbocycles. The van der Waals surface area contributed by atoms with Crippen molar-refractivity contribution >= 4 is 22.6 Å². The number of benzene rings is 2. The second-order valence-electron chi connectivity index (χ2n) is 5.82. The molecule has 0 saturated carbocycles. The van der Waals surface area contributed by atoms with E-state index in [4.69, 9.17) is 14.2 Å². The number of methoxy groups -OCH3 is 2. The van der Waals surface area contributed by atoms with Gasteiger partial charge in [0.25, 0.3) is 5.91 Å². The van der Waals surface area contributed by atoms with Crippen LogP contribution in [0.1, 0.15) is 23.7 Å². The predicted octanol–water partition coefficient (Wildman–Crippen LogP) is 4.26. The number of hydrogen-bond acceptors (Lipinski definition) is 7. The highest BCUT2D eigenvalue weighted by Crippen LogP contribution is 2.32. The molecule has 1 aromatic heterocycles. The second kappa shape index (κ2) is 9.18. The van der Waals surface area contributed by atoms with Crippen LogP contribution < -0.4 is 19.5 Å². The Morgan fingerprint density at radius 1 is 1.11 bits per heavy atom. The zero-order valence-electron chi connectivity index (χ0n) is 15.9. The standard InChI is InChI=1S/C20H21N3O4S/c1-4-10-27-16-9-8-13(12-17(16)26-3)18-21-20(28-23-18)22-19(24)14-6-5-7-15(11-14)25-2/h5-9,11-12H,4,10H2,1-3H3,(H,21,22,23,24). The quantitative estimate of drug-likeness (QED) is 0.609. The van der Waals surface area contributed by atoms with Gasteiger partial charge in [0.15, 0.2) is 17.3 Å². The Morgan fingerprint density at radius 3 is 2.71 bits per heavy atom. The molecule has 0 spiro atoms. The van der Waals surface area contributed by atoms with Crippen molar-refractivity contribution in [2.24, 2.45) is 0 Å². The van der Waals surface area contributed by atoms with E-state index >= 15 is 0 Å². The molecule has 3 rings (SSSR count). The summed E-state index contributed by atoms with van der Waals surface area (Å²) < 4.78 is 20.5. The van der Waals surface area contributed by atoms with E-state index in [2.05, 4.69) is 14.7 Å². The summed E-state index contributed by atoms with van der Waals surface area (Å²) in [5, 5.41) is 3.17. The van der Waals surface area contributed by atoms with E-state index in [1.54, 1.807) is 38.5 Å². The van der Waals surface area contributed by atoms with E-state index < -0.39 is 0 Å². The molecule has 7 nitrogen and oxygen atoms in total. The van der Waals surface area contributed by atoms with Gasteiger partial charge in [0.05, 0.1) is 20.8 Å². The summed E-state index contributed by atoms with van der Waals surface area (Å²) in [7, 11) is 3.15. The summed E-state index contributed by atoms with van der Waals surface area (Å²) >= 11 is 1.11. The number of hydrogen-bond donors (Lipinski definition) is 1. The lowest BCUT2D eigenvalue weighted by atomic mass is 10.2. The van der Waals surface area contributed by atoms with Crippen LogP contribution >= 0.6 is 11.5 Å². The summed E-state index contributed by atoms with van der Waals surface area (Å²) in [4.78, 5) is 16.8. The number of ether oxygens (including phenoxy) is 3. The number of anilines is 1. The van der Waals surface area contributed by atoms with Gasteiger partial charge in [0.1, 0.15) is 5.75 Å². The lowest BCUT2D eigenvalue weighted by molar-refractivity contribution is 0.102. The third kappa shape index (κ3) is 4.58. The largest absolute Gasteiger partial charge is 0.497 e. The Balaban J connectivity index is 1.75. The first kappa shape index (κ1) is 19.6. The fourth-order valence-electron chi connectivity index (χ4n) is 2.46. The molecule has 0 aliphatic heterocycles. The molecule has 3 aromatic rings. The fraction of sp³-hybridized carbons (Fsp3) is 0.250. The Kier molecular flexibility index (Phi) is 6.44. The number of nitrogens with one attached hydrogen (secondary N) is 1. The van der Waals surface area contributed by atoms with Crippen LogP contribution in [0, 0.1) is 0 Å². The van der Waals surface area contributed by atoms with Gasteiger partial charge in [-0.05, 0) is 42.8 Å². The van der Waals surface area contributed by atoms with Crippen LogP contribution in [-0.4, -0.2) is 36.1 Å². The van der Waals surface area contributed by atoms with Crippen molar-refractivity contribution in [3.8, 4) is 28.6 Å². The zero-order valence-corrected chi connectivity index (χ0v) is 16.7. The van der Waals surface area contributed by atoms with Gasteiger partial charge in [0.2, 0.25) is 5.13 Å². The molecule has 0 bridgehead atoms. The Morgan fingerprint density at radius 2 is 1.96 bits per heavy atom. The van der Waals surface area contributed by atoms with E-state index in [0.29, 0.717) is 40.4 Å². The molecule has 1 N–H and O–H groups in total. The first-order valence-corrected chi connectivity index (χ1v) is 9.52. The number of carbonyl (C=O) groups is 1. The van der Waals surface area contributed by atoms with Crippen molar-refractivity contribution in [3.05, 3.63) is 48.0 Å². The summed E-state index contributed by atoms with van der Waals surface area (Å²) in [6.45, 7) is 2.66. The van der Waals surface area contributed by atoms with Gasteiger partial charge in [-0.3, -0.25) is 10.1 Å². The third-order valence-corrected chi connectivity index (χ3v) is 4.49. The minimum absolute atomic E-state index is 0.275. The summed E-state index contributed by atoms with van der Waals surface area (Å²) in [5.41, 5.74) is 1.26. The van der Waals surface area contributed by atoms with Crippen molar-refractivity contribution in [3.63, 3.8) is 0 Å². The number of aromatic nitrogens is 2. The molecule has 146 valence electrons.